The molecule has 1 aromatic carbocycles. The monoisotopic (exact) mass is 333 g/mol. The minimum Gasteiger partial charge on any atom is -0.326 e. The molecule has 0 amide bonds. The van der Waals surface area contributed by atoms with E-state index in [1.165, 1.54) is 11.3 Å². The van der Waals surface area contributed by atoms with E-state index in [4.69, 9.17) is 5.73 Å². The van der Waals surface area contributed by atoms with Crippen LogP contribution in [0.15, 0.2) is 27.9 Å². The highest BCUT2D eigenvalue weighted by atomic mass is 32.2. The van der Waals surface area contributed by atoms with Crippen LogP contribution in [0.25, 0.3) is 0 Å². The molecular weight excluding hydrogens is 320 g/mol. The summed E-state index contributed by atoms with van der Waals surface area (Å²) < 4.78 is 53.6. The molecule has 2 rings (SSSR count). The molecule has 1 heterocycles. The molecule has 114 valence electrons. The first-order valence-corrected chi connectivity index (χ1v) is 8.42. The Morgan fingerprint density at radius 1 is 1.33 bits per heavy atom. The van der Waals surface area contributed by atoms with Gasteiger partial charge in [0.2, 0.25) is 10.0 Å². The van der Waals surface area contributed by atoms with Crippen LogP contribution in [0.5, 0.6) is 0 Å². The fraction of sp³-hybridized carbons (Fsp3) is 0.250. The van der Waals surface area contributed by atoms with Gasteiger partial charge in [0, 0.05) is 30.5 Å². The fourth-order valence-electron chi connectivity index (χ4n) is 1.72. The predicted molar refractivity (Wildman–Crippen MR) is 75.3 cm³/mol. The van der Waals surface area contributed by atoms with E-state index in [1.54, 1.807) is 10.9 Å². The summed E-state index contributed by atoms with van der Waals surface area (Å²) >= 11 is 1.40. The van der Waals surface area contributed by atoms with E-state index in [0.717, 1.165) is 17.8 Å². The molecule has 0 bridgehead atoms. The van der Waals surface area contributed by atoms with E-state index in [9.17, 15) is 17.2 Å². The van der Waals surface area contributed by atoms with Crippen molar-refractivity contribution in [3.63, 3.8) is 0 Å². The summed E-state index contributed by atoms with van der Waals surface area (Å²) in [5, 5.41) is 1.79. The Morgan fingerprint density at radius 2 is 2.10 bits per heavy atom. The number of nitrogens with two attached hydrogens (primary N) is 1. The average Bonchev–Trinajstić information content (AvgIpc) is 2.92. The summed E-state index contributed by atoms with van der Waals surface area (Å²) in [6.45, 7) is -0.347. The maximum absolute atomic E-state index is 14.0. The number of sulfonamides is 1. The largest absolute Gasteiger partial charge is 0.326 e. The van der Waals surface area contributed by atoms with Gasteiger partial charge < -0.3 is 5.73 Å². The summed E-state index contributed by atoms with van der Waals surface area (Å²) in [6.07, 6.45) is 0.384. The van der Waals surface area contributed by atoms with Crippen LogP contribution < -0.4 is 10.5 Å². The SMILES string of the molecule is NCc1c(F)ccc(S(=O)(=O)NCCc2cscn2)c1F. The fourth-order valence-corrected chi connectivity index (χ4v) is 3.45. The molecule has 0 unspecified atom stereocenters. The third-order valence-electron chi connectivity index (χ3n) is 2.80. The van der Waals surface area contributed by atoms with Crippen LogP contribution in [0.3, 0.4) is 0 Å². The highest BCUT2D eigenvalue weighted by molar-refractivity contribution is 7.89. The molecule has 9 heteroatoms. The third kappa shape index (κ3) is 3.62. The molecule has 0 atom stereocenters. The maximum Gasteiger partial charge on any atom is 0.243 e. The van der Waals surface area contributed by atoms with Crippen LogP contribution in [0.1, 0.15) is 11.3 Å². The van der Waals surface area contributed by atoms with Crippen molar-refractivity contribution in [3.05, 3.63) is 45.9 Å². The zero-order valence-corrected chi connectivity index (χ0v) is 12.5. The first-order chi connectivity index (χ1) is 9.95. The van der Waals surface area contributed by atoms with E-state index in [2.05, 4.69) is 9.71 Å². The van der Waals surface area contributed by atoms with Crippen molar-refractivity contribution in [2.24, 2.45) is 5.73 Å². The van der Waals surface area contributed by atoms with Crippen LogP contribution in [0, 0.1) is 11.6 Å². The van der Waals surface area contributed by atoms with E-state index in [-0.39, 0.29) is 6.54 Å². The molecule has 5 nitrogen and oxygen atoms in total. The lowest BCUT2D eigenvalue weighted by Gasteiger charge is -2.10. The van der Waals surface area contributed by atoms with Gasteiger partial charge >= 0.3 is 0 Å². The van der Waals surface area contributed by atoms with Crippen molar-refractivity contribution in [1.29, 1.82) is 0 Å². The van der Waals surface area contributed by atoms with Gasteiger partial charge in [0.05, 0.1) is 11.2 Å². The minimum absolute atomic E-state index is 0.0703. The van der Waals surface area contributed by atoms with Gasteiger partial charge in [0.25, 0.3) is 0 Å². The number of hydrogen-bond acceptors (Lipinski definition) is 5. The van der Waals surface area contributed by atoms with Crippen LogP contribution in [-0.2, 0) is 23.0 Å². The van der Waals surface area contributed by atoms with Crippen LogP contribution in [-0.4, -0.2) is 19.9 Å². The maximum atomic E-state index is 14.0. The van der Waals surface area contributed by atoms with Crippen LogP contribution in [0.2, 0.25) is 0 Å². The molecule has 0 saturated heterocycles. The van der Waals surface area contributed by atoms with Gasteiger partial charge in [-0.05, 0) is 12.1 Å². The molecule has 21 heavy (non-hydrogen) atoms. The quantitative estimate of drug-likeness (QED) is 0.837. The third-order valence-corrected chi connectivity index (χ3v) is 4.91. The highest BCUT2D eigenvalue weighted by Gasteiger charge is 2.22. The van der Waals surface area contributed by atoms with Crippen molar-refractivity contribution < 1.29 is 17.2 Å². The van der Waals surface area contributed by atoms with Gasteiger partial charge in [-0.3, -0.25) is 0 Å². The van der Waals surface area contributed by atoms with E-state index < -0.39 is 38.7 Å². The molecule has 0 aliphatic heterocycles. The Bertz CT molecular complexity index is 718. The number of benzene rings is 1. The van der Waals surface area contributed by atoms with Crippen molar-refractivity contribution in [2.45, 2.75) is 17.9 Å². The smallest absolute Gasteiger partial charge is 0.243 e. The van der Waals surface area contributed by atoms with Gasteiger partial charge in [-0.1, -0.05) is 0 Å². The molecule has 0 aliphatic carbocycles. The van der Waals surface area contributed by atoms with E-state index >= 15 is 0 Å². The van der Waals surface area contributed by atoms with Crippen molar-refractivity contribution >= 4 is 21.4 Å². The Balaban J connectivity index is 2.16. The van der Waals surface area contributed by atoms with E-state index in [0.29, 0.717) is 6.42 Å². The molecule has 0 saturated carbocycles. The van der Waals surface area contributed by atoms with Gasteiger partial charge in [0.15, 0.2) is 5.82 Å². The Hall–Kier alpha value is -1.42. The molecule has 3 N–H and O–H groups in total. The minimum atomic E-state index is -4.07. The number of nitrogens with zero attached hydrogens (tertiary/aromatic N) is 1. The summed E-state index contributed by atoms with van der Waals surface area (Å²) in [4.78, 5) is 3.40. The lowest BCUT2D eigenvalue weighted by atomic mass is 10.2. The molecule has 1 aromatic heterocycles. The lowest BCUT2D eigenvalue weighted by Crippen LogP contribution is -2.27. The topological polar surface area (TPSA) is 85.1 Å². The Morgan fingerprint density at radius 3 is 2.71 bits per heavy atom. The normalized spacial score (nSPS) is 11.8. The zero-order valence-electron chi connectivity index (χ0n) is 10.8. The van der Waals surface area contributed by atoms with Crippen LogP contribution >= 0.6 is 11.3 Å². The molecule has 0 spiro atoms. The number of rotatable bonds is 6. The van der Waals surface area contributed by atoms with E-state index in [1.807, 2.05) is 0 Å². The number of thiazole rings is 1. The number of nitrogens with one attached hydrogen (secondary N) is 1. The van der Waals surface area contributed by atoms with Crippen LogP contribution in [0.4, 0.5) is 8.78 Å². The second kappa shape index (κ2) is 6.56. The Kier molecular flexibility index (Phi) is 4.99. The summed E-state index contributed by atoms with van der Waals surface area (Å²) in [5.74, 6) is -2.02. The standard InChI is InChI=1S/C12H13F2N3O2S2/c13-10-1-2-11(12(14)9(10)5-15)21(18,19)17-4-3-8-6-20-7-16-8/h1-2,6-7,17H,3-5,15H2. The van der Waals surface area contributed by atoms with Gasteiger partial charge in [-0.25, -0.2) is 26.9 Å². The summed E-state index contributed by atoms with van der Waals surface area (Å²) in [6, 6.07) is 1.77. The second-order valence-electron chi connectivity index (χ2n) is 4.17. The summed E-state index contributed by atoms with van der Waals surface area (Å²) in [5.41, 5.74) is 7.16. The molecule has 2 aromatic rings. The van der Waals surface area contributed by atoms with Gasteiger partial charge in [0.1, 0.15) is 10.7 Å². The lowest BCUT2D eigenvalue weighted by molar-refractivity contribution is 0.525. The number of halogens is 2. The molecule has 0 fully saturated rings. The molecule has 0 aliphatic rings. The van der Waals surface area contributed by atoms with Crippen molar-refractivity contribution in [3.8, 4) is 0 Å². The molecule has 0 radical (unpaired) electrons. The average molecular weight is 333 g/mol. The van der Waals surface area contributed by atoms with Gasteiger partial charge in [-0.2, -0.15) is 0 Å². The van der Waals surface area contributed by atoms with Crippen molar-refractivity contribution in [1.82, 2.24) is 9.71 Å². The highest BCUT2D eigenvalue weighted by Crippen LogP contribution is 2.20. The van der Waals surface area contributed by atoms with Crippen molar-refractivity contribution in [2.75, 3.05) is 6.54 Å². The molecular formula is C12H13F2N3O2S2. The first kappa shape index (κ1) is 16.0. The van der Waals surface area contributed by atoms with Gasteiger partial charge in [-0.15, -0.1) is 11.3 Å². The second-order valence-corrected chi connectivity index (χ2v) is 6.62. The number of aromatic nitrogens is 1. The first-order valence-electron chi connectivity index (χ1n) is 5.99. The Labute approximate surface area is 124 Å². The zero-order chi connectivity index (χ0) is 15.5. The predicted octanol–water partition coefficient (Wildman–Crippen LogP) is 1.40. The summed E-state index contributed by atoms with van der Waals surface area (Å²) in [7, 11) is -4.07. The number of hydrogen-bond donors (Lipinski definition) is 2.